The molecule has 0 fully saturated rings. The Bertz CT molecular complexity index is 915. The van der Waals surface area contributed by atoms with Gasteiger partial charge < -0.3 is 15.5 Å². The van der Waals surface area contributed by atoms with Crippen molar-refractivity contribution in [2.45, 2.75) is 295 Å². The van der Waals surface area contributed by atoms with Crippen molar-refractivity contribution in [3.63, 3.8) is 0 Å². The number of aliphatic hydroxyl groups is 2. The van der Waals surface area contributed by atoms with Gasteiger partial charge in [0.25, 0.3) is 10.1 Å². The Hall–Kier alpha value is -0.700. The average molecular weight is 816 g/mol. The van der Waals surface area contributed by atoms with E-state index in [-0.39, 0.29) is 0 Å². The molecular weight excluding hydrogens is 719 g/mol. The molecule has 8 heteroatoms. The number of aliphatic hydroxyl groups excluding tert-OH is 2. The molecule has 0 bridgehead atoms. The van der Waals surface area contributed by atoms with Crippen LogP contribution in [0.1, 0.15) is 277 Å². The van der Waals surface area contributed by atoms with Gasteiger partial charge in [-0.2, -0.15) is 8.42 Å². The van der Waals surface area contributed by atoms with Crippen LogP contribution in [0.15, 0.2) is 0 Å². The molecule has 0 rings (SSSR count). The van der Waals surface area contributed by atoms with Crippen molar-refractivity contribution in [1.29, 1.82) is 0 Å². The molecule has 7 nitrogen and oxygen atoms in total. The fourth-order valence-electron chi connectivity index (χ4n) is 8.11. The van der Waals surface area contributed by atoms with Gasteiger partial charge in [0, 0.05) is 0 Å². The fourth-order valence-corrected chi connectivity index (χ4v) is 8.87. The maximum absolute atomic E-state index is 12.7. The van der Waals surface area contributed by atoms with Crippen LogP contribution in [0.25, 0.3) is 0 Å². The maximum Gasteiger partial charge on any atom is 0.266 e. The molecule has 0 aliphatic carbocycles. The molecule has 0 heterocycles. The van der Waals surface area contributed by atoms with Gasteiger partial charge in [0.1, 0.15) is 6.10 Å². The van der Waals surface area contributed by atoms with E-state index in [4.69, 9.17) is 0 Å². The molecule has 56 heavy (non-hydrogen) atoms. The van der Waals surface area contributed by atoms with Crippen LogP contribution in [0.5, 0.6) is 0 Å². The van der Waals surface area contributed by atoms with E-state index in [0.717, 1.165) is 44.9 Å². The molecule has 0 spiro atoms. The van der Waals surface area contributed by atoms with E-state index < -0.39 is 40.0 Å². The SMILES string of the molecule is CCCCCCCCCCCCCCCCCCCCCCCCC(O)C(=O)NC(CS(=O)(=O)O)C(O)CCCCCCCCCCCCCCCCCCC. The van der Waals surface area contributed by atoms with Crippen molar-refractivity contribution >= 4 is 16.0 Å². The Morgan fingerprint density at radius 2 is 0.643 bits per heavy atom. The summed E-state index contributed by atoms with van der Waals surface area (Å²) in [5, 5.41) is 23.7. The fraction of sp³-hybridized carbons (Fsp3) is 0.979. The maximum atomic E-state index is 12.7. The van der Waals surface area contributed by atoms with Gasteiger partial charge in [-0.05, 0) is 12.8 Å². The molecule has 0 saturated heterocycles. The third-order valence-electron chi connectivity index (χ3n) is 11.9. The second kappa shape index (κ2) is 42.4. The minimum atomic E-state index is -4.41. The summed E-state index contributed by atoms with van der Waals surface area (Å²) in [7, 11) is -4.41. The van der Waals surface area contributed by atoms with Crippen molar-refractivity contribution in [3.8, 4) is 0 Å². The van der Waals surface area contributed by atoms with Gasteiger partial charge in [-0.3, -0.25) is 9.35 Å². The molecule has 0 aromatic carbocycles. The topological polar surface area (TPSA) is 124 Å². The molecule has 4 N–H and O–H groups in total. The molecule has 0 radical (unpaired) electrons. The molecule has 0 aromatic heterocycles. The molecule has 1 amide bonds. The molecule has 336 valence electrons. The lowest BCUT2D eigenvalue weighted by Gasteiger charge is -2.24. The second-order valence-electron chi connectivity index (χ2n) is 17.6. The van der Waals surface area contributed by atoms with Crippen LogP contribution >= 0.6 is 0 Å². The molecule has 3 unspecified atom stereocenters. The first-order chi connectivity index (χ1) is 27.2. The van der Waals surface area contributed by atoms with Gasteiger partial charge in [0.05, 0.1) is 17.9 Å². The Morgan fingerprint density at radius 3 is 0.893 bits per heavy atom. The van der Waals surface area contributed by atoms with Crippen LogP contribution in [0.2, 0.25) is 0 Å². The minimum Gasteiger partial charge on any atom is -0.391 e. The van der Waals surface area contributed by atoms with E-state index >= 15 is 0 Å². The zero-order chi connectivity index (χ0) is 41.2. The van der Waals surface area contributed by atoms with Crippen LogP contribution in [0.4, 0.5) is 0 Å². The summed E-state index contributed by atoms with van der Waals surface area (Å²) in [6.07, 6.45) is 48.4. The highest BCUT2D eigenvalue weighted by atomic mass is 32.2. The molecule has 0 aliphatic heterocycles. The standard InChI is InChI=1S/C48H97NO6S/c1-3-5-7-9-11-13-15-17-19-21-22-23-24-25-27-29-31-33-35-37-39-41-43-47(51)48(52)49-45(44-56(53,54)55)46(50)42-40-38-36-34-32-30-28-26-20-18-16-14-12-10-8-6-4-2/h45-47,50-51H,3-44H2,1-2H3,(H,49,52)(H,53,54,55). The van der Waals surface area contributed by atoms with E-state index in [2.05, 4.69) is 19.2 Å². The zero-order valence-electron chi connectivity index (χ0n) is 37.4. The quantitative estimate of drug-likeness (QED) is 0.0358. The summed E-state index contributed by atoms with van der Waals surface area (Å²) in [4.78, 5) is 12.7. The minimum absolute atomic E-state index is 0.304. The normalized spacial score (nSPS) is 13.6. The number of carbonyl (C=O) groups excluding carboxylic acids is 1. The number of amides is 1. The number of hydrogen-bond donors (Lipinski definition) is 4. The van der Waals surface area contributed by atoms with Gasteiger partial charge >= 0.3 is 0 Å². The average Bonchev–Trinajstić information content (AvgIpc) is 3.17. The lowest BCUT2D eigenvalue weighted by atomic mass is 10.0. The summed E-state index contributed by atoms with van der Waals surface area (Å²) >= 11 is 0. The van der Waals surface area contributed by atoms with Gasteiger partial charge in [0.15, 0.2) is 0 Å². The second-order valence-corrected chi connectivity index (χ2v) is 19.1. The Labute approximate surface area is 349 Å². The number of carbonyl (C=O) groups is 1. The number of nitrogens with one attached hydrogen (secondary N) is 1. The van der Waals surface area contributed by atoms with E-state index in [9.17, 15) is 28.0 Å². The largest absolute Gasteiger partial charge is 0.391 e. The van der Waals surface area contributed by atoms with Crippen molar-refractivity contribution in [2.24, 2.45) is 0 Å². The smallest absolute Gasteiger partial charge is 0.266 e. The van der Waals surface area contributed by atoms with E-state index in [0.29, 0.717) is 12.8 Å². The molecule has 0 saturated carbocycles. The van der Waals surface area contributed by atoms with Crippen molar-refractivity contribution in [3.05, 3.63) is 0 Å². The highest BCUT2D eigenvalue weighted by molar-refractivity contribution is 7.85. The van der Waals surface area contributed by atoms with Gasteiger partial charge in [-0.25, -0.2) is 0 Å². The van der Waals surface area contributed by atoms with E-state index in [1.807, 2.05) is 0 Å². The molecule has 0 aliphatic rings. The van der Waals surface area contributed by atoms with Crippen LogP contribution < -0.4 is 5.32 Å². The highest BCUT2D eigenvalue weighted by Gasteiger charge is 2.28. The van der Waals surface area contributed by atoms with Crippen LogP contribution in [-0.2, 0) is 14.9 Å². The summed E-state index contributed by atoms with van der Waals surface area (Å²) in [6.45, 7) is 4.55. The third kappa shape index (κ3) is 41.5. The first-order valence-corrected chi connectivity index (χ1v) is 26.4. The molecule has 3 atom stereocenters. The van der Waals surface area contributed by atoms with Gasteiger partial charge in [-0.1, -0.05) is 264 Å². The van der Waals surface area contributed by atoms with Gasteiger partial charge in [0.2, 0.25) is 5.91 Å². The summed E-state index contributed by atoms with van der Waals surface area (Å²) in [5.41, 5.74) is 0. The Morgan fingerprint density at radius 1 is 0.411 bits per heavy atom. The van der Waals surface area contributed by atoms with E-state index in [1.165, 1.54) is 205 Å². The predicted octanol–water partition coefficient (Wildman–Crippen LogP) is 14.1. The third-order valence-corrected chi connectivity index (χ3v) is 12.7. The molecular formula is C48H97NO6S. The van der Waals surface area contributed by atoms with Crippen molar-refractivity contribution in [1.82, 2.24) is 5.32 Å². The number of hydrogen-bond acceptors (Lipinski definition) is 5. The van der Waals surface area contributed by atoms with E-state index in [1.54, 1.807) is 0 Å². The Kier molecular flexibility index (Phi) is 41.9. The Balaban J connectivity index is 3.81. The van der Waals surface area contributed by atoms with Crippen molar-refractivity contribution in [2.75, 3.05) is 5.75 Å². The van der Waals surface area contributed by atoms with Crippen LogP contribution in [0, 0.1) is 0 Å². The first kappa shape index (κ1) is 55.3. The van der Waals surface area contributed by atoms with Crippen LogP contribution in [-0.4, -0.2) is 53.1 Å². The lowest BCUT2D eigenvalue weighted by Crippen LogP contribution is -2.50. The first-order valence-electron chi connectivity index (χ1n) is 24.8. The number of rotatable bonds is 46. The molecule has 0 aromatic rings. The monoisotopic (exact) mass is 816 g/mol. The highest BCUT2D eigenvalue weighted by Crippen LogP contribution is 2.18. The van der Waals surface area contributed by atoms with Crippen LogP contribution in [0.3, 0.4) is 0 Å². The summed E-state index contributed by atoms with van der Waals surface area (Å²) in [5.74, 6) is -1.44. The number of unbranched alkanes of at least 4 members (excludes halogenated alkanes) is 37. The zero-order valence-corrected chi connectivity index (χ0v) is 38.2. The van der Waals surface area contributed by atoms with Gasteiger partial charge in [-0.15, -0.1) is 0 Å². The summed E-state index contributed by atoms with van der Waals surface area (Å²) in [6, 6.07) is -1.14. The lowest BCUT2D eigenvalue weighted by molar-refractivity contribution is -0.131. The summed E-state index contributed by atoms with van der Waals surface area (Å²) < 4.78 is 32.7. The van der Waals surface area contributed by atoms with Crippen molar-refractivity contribution < 1.29 is 28.0 Å². The predicted molar refractivity (Wildman–Crippen MR) is 241 cm³/mol.